The number of nitrogens with zero attached hydrogens (tertiary/aromatic N) is 1. The van der Waals surface area contributed by atoms with Gasteiger partial charge in [0.2, 0.25) is 5.91 Å². The van der Waals surface area contributed by atoms with Crippen LogP contribution in [0.15, 0.2) is 47.4 Å². The van der Waals surface area contributed by atoms with Crippen LogP contribution in [0.5, 0.6) is 0 Å². The highest BCUT2D eigenvalue weighted by molar-refractivity contribution is 7.98. The predicted octanol–water partition coefficient (Wildman–Crippen LogP) is 3.40. The first-order valence-electron chi connectivity index (χ1n) is 7.05. The van der Waals surface area contributed by atoms with Crippen molar-refractivity contribution in [2.45, 2.75) is 4.90 Å². The highest BCUT2D eigenvalue weighted by Crippen LogP contribution is 2.24. The van der Waals surface area contributed by atoms with Crippen molar-refractivity contribution in [3.05, 3.63) is 59.7 Å². The summed E-state index contributed by atoms with van der Waals surface area (Å²) >= 11 is 1.48. The minimum absolute atomic E-state index is 0.280. The molecule has 1 N–H and O–H groups in total. The zero-order valence-electron chi connectivity index (χ0n) is 13.2. The molecule has 0 aliphatic carbocycles. The van der Waals surface area contributed by atoms with Gasteiger partial charge in [0.15, 0.2) is 0 Å². The van der Waals surface area contributed by atoms with Crippen LogP contribution in [0.3, 0.4) is 0 Å². The molecule has 0 saturated carbocycles. The van der Waals surface area contributed by atoms with E-state index in [4.69, 9.17) is 0 Å². The summed E-state index contributed by atoms with van der Waals surface area (Å²) in [7, 11) is 1.35. The van der Waals surface area contributed by atoms with Crippen molar-refractivity contribution in [1.82, 2.24) is 4.90 Å². The molecule has 0 fully saturated rings. The van der Waals surface area contributed by atoms with Crippen molar-refractivity contribution in [1.29, 1.82) is 0 Å². The molecule has 7 heteroatoms. The van der Waals surface area contributed by atoms with Gasteiger partial charge in [-0.2, -0.15) is 0 Å². The normalized spacial score (nSPS) is 10.3. The predicted molar refractivity (Wildman–Crippen MR) is 90.2 cm³/mol. The number of carbonyl (C=O) groups excluding carboxylic acids is 2. The molecule has 126 valence electrons. The monoisotopic (exact) mass is 350 g/mol. The maximum Gasteiger partial charge on any atom is 0.257 e. The molecule has 0 unspecified atom stereocenters. The number of benzene rings is 2. The number of amides is 2. The molecule has 2 aromatic carbocycles. The number of likely N-dealkylation sites (N-methyl/N-ethyl adjacent to an activating group) is 1. The van der Waals surface area contributed by atoms with Crippen LogP contribution in [0.25, 0.3) is 0 Å². The van der Waals surface area contributed by atoms with Crippen molar-refractivity contribution in [2.24, 2.45) is 0 Å². The quantitative estimate of drug-likeness (QED) is 0.841. The van der Waals surface area contributed by atoms with Gasteiger partial charge in [-0.3, -0.25) is 9.59 Å². The molecule has 2 amide bonds. The standard InChI is InChI=1S/C17H16F2N2O2S/c1-21(17(23)12-9-11(18)7-8-13(12)19)10-16(22)20-14-5-3-4-6-15(14)24-2/h3-9H,10H2,1-2H3,(H,20,22). The van der Waals surface area contributed by atoms with Crippen molar-refractivity contribution in [3.8, 4) is 0 Å². The smallest absolute Gasteiger partial charge is 0.257 e. The lowest BCUT2D eigenvalue weighted by Crippen LogP contribution is -2.35. The van der Waals surface area contributed by atoms with Gasteiger partial charge < -0.3 is 10.2 Å². The van der Waals surface area contributed by atoms with Gasteiger partial charge in [-0.05, 0) is 36.6 Å². The number of hydrogen-bond acceptors (Lipinski definition) is 3. The molecule has 2 aromatic rings. The summed E-state index contributed by atoms with van der Waals surface area (Å²) in [4.78, 5) is 26.2. The molecule has 0 aliphatic heterocycles. The highest BCUT2D eigenvalue weighted by atomic mass is 32.2. The molecular weight excluding hydrogens is 334 g/mol. The van der Waals surface area contributed by atoms with E-state index in [0.29, 0.717) is 5.69 Å². The number of para-hydroxylation sites is 1. The van der Waals surface area contributed by atoms with E-state index in [1.54, 1.807) is 12.1 Å². The van der Waals surface area contributed by atoms with Crippen molar-refractivity contribution >= 4 is 29.3 Å². The van der Waals surface area contributed by atoms with Gasteiger partial charge in [0, 0.05) is 11.9 Å². The number of halogens is 2. The SMILES string of the molecule is CSc1ccccc1NC(=O)CN(C)C(=O)c1cc(F)ccc1F. The number of hydrogen-bond donors (Lipinski definition) is 1. The van der Waals surface area contributed by atoms with Gasteiger partial charge in [0.1, 0.15) is 11.6 Å². The number of anilines is 1. The van der Waals surface area contributed by atoms with Crippen LogP contribution in [0.2, 0.25) is 0 Å². The Morgan fingerprint density at radius 1 is 1.17 bits per heavy atom. The number of nitrogens with one attached hydrogen (secondary N) is 1. The van der Waals surface area contributed by atoms with Crippen LogP contribution in [-0.4, -0.2) is 36.6 Å². The molecule has 0 atom stereocenters. The Labute approximate surface area is 142 Å². The van der Waals surface area contributed by atoms with Gasteiger partial charge in [-0.1, -0.05) is 12.1 Å². The van der Waals surface area contributed by atoms with Crippen LogP contribution >= 0.6 is 11.8 Å². The summed E-state index contributed by atoms with van der Waals surface area (Å²) in [5, 5.41) is 2.70. The molecule has 0 aliphatic rings. The second-order valence-corrected chi connectivity index (χ2v) is 5.88. The van der Waals surface area contributed by atoms with E-state index in [2.05, 4.69) is 5.32 Å². The third kappa shape index (κ3) is 4.32. The van der Waals surface area contributed by atoms with Crippen LogP contribution in [0.4, 0.5) is 14.5 Å². The lowest BCUT2D eigenvalue weighted by atomic mass is 10.2. The molecular formula is C17H16F2N2O2S. The highest BCUT2D eigenvalue weighted by Gasteiger charge is 2.19. The fraction of sp³-hybridized carbons (Fsp3) is 0.176. The van der Waals surface area contributed by atoms with E-state index in [1.165, 1.54) is 18.8 Å². The Morgan fingerprint density at radius 3 is 2.58 bits per heavy atom. The van der Waals surface area contributed by atoms with E-state index in [-0.39, 0.29) is 6.54 Å². The van der Waals surface area contributed by atoms with E-state index in [1.807, 2.05) is 18.4 Å². The third-order valence-electron chi connectivity index (χ3n) is 3.27. The third-order valence-corrected chi connectivity index (χ3v) is 4.06. The van der Waals surface area contributed by atoms with Gasteiger partial charge in [0.05, 0.1) is 17.8 Å². The summed E-state index contributed by atoms with van der Waals surface area (Å²) in [6.45, 7) is -0.280. The van der Waals surface area contributed by atoms with E-state index < -0.39 is 29.0 Å². The Bertz CT molecular complexity index is 768. The second-order valence-electron chi connectivity index (χ2n) is 5.03. The zero-order chi connectivity index (χ0) is 17.7. The molecule has 2 rings (SSSR count). The van der Waals surface area contributed by atoms with Crippen LogP contribution < -0.4 is 5.32 Å². The van der Waals surface area contributed by atoms with Crippen LogP contribution in [0.1, 0.15) is 10.4 Å². The zero-order valence-corrected chi connectivity index (χ0v) is 14.0. The van der Waals surface area contributed by atoms with Crippen LogP contribution in [0, 0.1) is 11.6 Å². The molecule has 4 nitrogen and oxygen atoms in total. The maximum absolute atomic E-state index is 13.6. The van der Waals surface area contributed by atoms with Gasteiger partial charge in [-0.15, -0.1) is 11.8 Å². The maximum atomic E-state index is 13.6. The molecule has 0 radical (unpaired) electrons. The minimum Gasteiger partial charge on any atom is -0.332 e. The van der Waals surface area contributed by atoms with Gasteiger partial charge >= 0.3 is 0 Å². The molecule has 0 saturated heterocycles. The number of thioether (sulfide) groups is 1. The van der Waals surface area contributed by atoms with Crippen LogP contribution in [-0.2, 0) is 4.79 Å². The van der Waals surface area contributed by atoms with Gasteiger partial charge in [0.25, 0.3) is 5.91 Å². The summed E-state index contributed by atoms with van der Waals surface area (Å²) in [6, 6.07) is 9.86. The summed E-state index contributed by atoms with van der Waals surface area (Å²) in [6.07, 6.45) is 1.88. The Kier molecular flexibility index (Phi) is 5.92. The van der Waals surface area contributed by atoms with Crippen molar-refractivity contribution < 1.29 is 18.4 Å². The van der Waals surface area contributed by atoms with E-state index in [0.717, 1.165) is 28.0 Å². The summed E-state index contributed by atoms with van der Waals surface area (Å²) < 4.78 is 26.8. The van der Waals surface area contributed by atoms with Crippen molar-refractivity contribution in [3.63, 3.8) is 0 Å². The first-order chi connectivity index (χ1) is 11.4. The fourth-order valence-electron chi connectivity index (χ4n) is 2.09. The largest absolute Gasteiger partial charge is 0.332 e. The molecule has 24 heavy (non-hydrogen) atoms. The van der Waals surface area contributed by atoms with E-state index >= 15 is 0 Å². The lowest BCUT2D eigenvalue weighted by Gasteiger charge is -2.18. The topological polar surface area (TPSA) is 49.4 Å². The lowest BCUT2D eigenvalue weighted by molar-refractivity contribution is -0.116. The molecule has 0 aromatic heterocycles. The average Bonchev–Trinajstić information content (AvgIpc) is 2.56. The average molecular weight is 350 g/mol. The molecule has 0 spiro atoms. The Balaban J connectivity index is 2.06. The van der Waals surface area contributed by atoms with Gasteiger partial charge in [-0.25, -0.2) is 8.78 Å². The minimum atomic E-state index is -0.832. The Hall–Kier alpha value is -2.41. The van der Waals surface area contributed by atoms with Crippen molar-refractivity contribution in [2.75, 3.05) is 25.2 Å². The number of rotatable bonds is 5. The molecule has 0 heterocycles. The summed E-state index contributed by atoms with van der Waals surface area (Å²) in [5.74, 6) is -2.74. The first kappa shape index (κ1) is 17.9. The molecule has 0 bridgehead atoms. The first-order valence-corrected chi connectivity index (χ1v) is 8.28. The Morgan fingerprint density at radius 2 is 1.88 bits per heavy atom. The fourth-order valence-corrected chi connectivity index (χ4v) is 2.65. The number of carbonyl (C=O) groups is 2. The van der Waals surface area contributed by atoms with E-state index in [9.17, 15) is 18.4 Å². The second kappa shape index (κ2) is 7.92. The summed E-state index contributed by atoms with van der Waals surface area (Å²) in [5.41, 5.74) is 0.225.